The summed E-state index contributed by atoms with van der Waals surface area (Å²) in [5.41, 5.74) is 2.42. The van der Waals surface area contributed by atoms with Gasteiger partial charge in [-0.2, -0.15) is 0 Å². The molecule has 2 N–H and O–H groups in total. The van der Waals surface area contributed by atoms with Crippen molar-refractivity contribution in [3.05, 3.63) is 64.7 Å². The van der Waals surface area contributed by atoms with Gasteiger partial charge in [0.15, 0.2) is 0 Å². The Morgan fingerprint density at radius 2 is 1.73 bits per heavy atom. The molecule has 1 amide bonds. The summed E-state index contributed by atoms with van der Waals surface area (Å²) >= 11 is 0. The Labute approximate surface area is 180 Å². The van der Waals surface area contributed by atoms with E-state index < -0.39 is 15.6 Å². The maximum absolute atomic E-state index is 12.8. The Balaban J connectivity index is 2.13. The Morgan fingerprint density at radius 1 is 1.07 bits per heavy atom. The lowest BCUT2D eigenvalue weighted by molar-refractivity contribution is 0.0657. The number of nitrogens with one attached hydrogen (secondary N) is 2. The number of carbonyl (C=O) groups excluding carboxylic acids is 1. The molecule has 0 unspecified atom stereocenters. The van der Waals surface area contributed by atoms with Crippen molar-refractivity contribution in [2.24, 2.45) is 0 Å². The van der Waals surface area contributed by atoms with Crippen LogP contribution in [-0.2, 0) is 27.9 Å². The number of ether oxygens (including phenoxy) is 1. The quantitative estimate of drug-likeness (QED) is 0.662. The number of hydrogen-bond acceptors (Lipinski definition) is 4. The molecular formula is C23H32N2O4S. The molecule has 2 aromatic rings. The van der Waals surface area contributed by atoms with Crippen LogP contribution in [0, 0.1) is 6.92 Å². The number of hydrogen-bond donors (Lipinski definition) is 2. The van der Waals surface area contributed by atoms with Gasteiger partial charge >= 0.3 is 0 Å². The zero-order valence-electron chi connectivity index (χ0n) is 18.6. The summed E-state index contributed by atoms with van der Waals surface area (Å²) in [4.78, 5) is 12.8. The molecule has 0 radical (unpaired) electrons. The topological polar surface area (TPSA) is 84.5 Å². The van der Waals surface area contributed by atoms with Gasteiger partial charge < -0.3 is 10.1 Å². The molecule has 0 spiro atoms. The largest absolute Gasteiger partial charge is 0.374 e. The second kappa shape index (κ2) is 9.73. The fraction of sp³-hybridized carbons (Fsp3) is 0.435. The van der Waals surface area contributed by atoms with Gasteiger partial charge in [-0.15, -0.1) is 0 Å². The standard InChI is InChI=1S/C23H32N2O4S/c1-16(2)29-15-19-9-7-8-18(12-19)14-24-22(26)21-13-20(11-10-17(21)3)30(27,28)25-23(4,5)6/h7-13,16,25H,14-15H2,1-6H3,(H,24,26). The maximum Gasteiger partial charge on any atom is 0.251 e. The highest BCUT2D eigenvalue weighted by atomic mass is 32.2. The molecule has 7 heteroatoms. The summed E-state index contributed by atoms with van der Waals surface area (Å²) in [5.74, 6) is -0.316. The van der Waals surface area contributed by atoms with Crippen LogP contribution in [0.5, 0.6) is 0 Å². The first kappa shape index (κ1) is 24.1. The molecule has 0 bridgehead atoms. The van der Waals surface area contributed by atoms with Crippen LogP contribution in [0.4, 0.5) is 0 Å². The third-order valence-electron chi connectivity index (χ3n) is 4.23. The zero-order chi connectivity index (χ0) is 22.5. The Hall–Kier alpha value is -2.22. The first-order valence-corrected chi connectivity index (χ1v) is 11.5. The molecule has 0 aliphatic heterocycles. The van der Waals surface area contributed by atoms with Crippen LogP contribution in [0.25, 0.3) is 0 Å². The van der Waals surface area contributed by atoms with E-state index in [4.69, 9.17) is 4.74 Å². The summed E-state index contributed by atoms with van der Waals surface area (Å²) in [6.45, 7) is 11.9. The lowest BCUT2D eigenvalue weighted by Gasteiger charge is -2.20. The van der Waals surface area contributed by atoms with Gasteiger partial charge in [0.25, 0.3) is 5.91 Å². The van der Waals surface area contributed by atoms with Crippen molar-refractivity contribution < 1.29 is 17.9 Å². The number of amides is 1. The minimum atomic E-state index is -3.72. The molecule has 0 aliphatic carbocycles. The van der Waals surface area contributed by atoms with Gasteiger partial charge in [-0.3, -0.25) is 4.79 Å². The van der Waals surface area contributed by atoms with Crippen molar-refractivity contribution in [3.63, 3.8) is 0 Å². The van der Waals surface area contributed by atoms with Gasteiger partial charge in [0.05, 0.1) is 17.6 Å². The second-order valence-corrected chi connectivity index (χ2v) is 10.4. The molecule has 6 nitrogen and oxygen atoms in total. The van der Waals surface area contributed by atoms with Crippen LogP contribution in [0.15, 0.2) is 47.4 Å². The molecule has 2 rings (SSSR count). The van der Waals surface area contributed by atoms with E-state index in [1.165, 1.54) is 12.1 Å². The van der Waals surface area contributed by atoms with Gasteiger partial charge in [-0.05, 0) is 70.4 Å². The average molecular weight is 433 g/mol. The van der Waals surface area contributed by atoms with Crippen LogP contribution in [0.3, 0.4) is 0 Å². The van der Waals surface area contributed by atoms with Gasteiger partial charge in [-0.25, -0.2) is 13.1 Å². The molecule has 0 fully saturated rings. The van der Waals surface area contributed by atoms with Crippen molar-refractivity contribution in [1.29, 1.82) is 0 Å². The molecule has 0 atom stereocenters. The summed E-state index contributed by atoms with van der Waals surface area (Å²) in [5, 5.41) is 2.88. The third kappa shape index (κ3) is 7.23. The molecular weight excluding hydrogens is 400 g/mol. The van der Waals surface area contributed by atoms with Crippen LogP contribution in [0.2, 0.25) is 0 Å². The van der Waals surface area contributed by atoms with E-state index >= 15 is 0 Å². The molecule has 0 aromatic heterocycles. The van der Waals surface area contributed by atoms with Crippen molar-refractivity contribution in [3.8, 4) is 0 Å². The predicted molar refractivity (Wildman–Crippen MR) is 119 cm³/mol. The summed E-state index contributed by atoms with van der Waals surface area (Å²) in [6.07, 6.45) is 0.146. The van der Waals surface area contributed by atoms with E-state index in [-0.39, 0.29) is 16.9 Å². The predicted octanol–water partition coefficient (Wildman–Crippen LogP) is 3.93. The smallest absolute Gasteiger partial charge is 0.251 e. The van der Waals surface area contributed by atoms with Crippen LogP contribution in [-0.4, -0.2) is 26.0 Å². The van der Waals surface area contributed by atoms with E-state index in [1.54, 1.807) is 33.8 Å². The SMILES string of the molecule is Cc1ccc(S(=O)(=O)NC(C)(C)C)cc1C(=O)NCc1cccc(COC(C)C)c1. The highest BCUT2D eigenvalue weighted by Crippen LogP contribution is 2.18. The van der Waals surface area contributed by atoms with Crippen molar-refractivity contribution in [2.45, 2.75) is 71.2 Å². The summed E-state index contributed by atoms with van der Waals surface area (Å²) in [6, 6.07) is 12.4. The zero-order valence-corrected chi connectivity index (χ0v) is 19.4. The highest BCUT2D eigenvalue weighted by Gasteiger charge is 2.23. The monoisotopic (exact) mass is 432 g/mol. The molecule has 164 valence electrons. The van der Waals surface area contributed by atoms with Gasteiger partial charge in [0.2, 0.25) is 10.0 Å². The van der Waals surface area contributed by atoms with Crippen LogP contribution in [0.1, 0.15) is 61.7 Å². The lowest BCUT2D eigenvalue weighted by Crippen LogP contribution is -2.40. The number of aryl methyl sites for hydroxylation is 1. The van der Waals surface area contributed by atoms with Crippen molar-refractivity contribution in [1.82, 2.24) is 10.0 Å². The third-order valence-corrected chi connectivity index (χ3v) is 5.99. The highest BCUT2D eigenvalue weighted by molar-refractivity contribution is 7.89. The first-order valence-electron chi connectivity index (χ1n) is 9.99. The van der Waals surface area contributed by atoms with E-state index in [2.05, 4.69) is 10.0 Å². The van der Waals surface area contributed by atoms with Crippen LogP contribution < -0.4 is 10.0 Å². The minimum absolute atomic E-state index is 0.0704. The first-order chi connectivity index (χ1) is 13.9. The van der Waals surface area contributed by atoms with Gasteiger partial charge in [0.1, 0.15) is 0 Å². The van der Waals surface area contributed by atoms with Crippen LogP contribution >= 0.6 is 0 Å². The summed E-state index contributed by atoms with van der Waals surface area (Å²) in [7, 11) is -3.72. The molecule has 0 saturated carbocycles. The Bertz CT molecular complexity index is 993. The van der Waals surface area contributed by atoms with Crippen molar-refractivity contribution in [2.75, 3.05) is 0 Å². The average Bonchev–Trinajstić information content (AvgIpc) is 2.63. The molecule has 30 heavy (non-hydrogen) atoms. The Kier molecular flexibility index (Phi) is 7.80. The number of benzene rings is 2. The number of carbonyl (C=O) groups is 1. The van der Waals surface area contributed by atoms with Gasteiger partial charge in [0, 0.05) is 17.6 Å². The van der Waals surface area contributed by atoms with Gasteiger partial charge in [-0.1, -0.05) is 30.3 Å². The normalized spacial score (nSPS) is 12.2. The van der Waals surface area contributed by atoms with E-state index in [9.17, 15) is 13.2 Å². The number of rotatable bonds is 8. The number of sulfonamides is 1. The minimum Gasteiger partial charge on any atom is -0.374 e. The fourth-order valence-corrected chi connectivity index (χ4v) is 4.29. The Morgan fingerprint density at radius 3 is 2.37 bits per heavy atom. The maximum atomic E-state index is 12.8. The van der Waals surface area contributed by atoms with E-state index in [0.29, 0.717) is 24.3 Å². The van der Waals surface area contributed by atoms with E-state index in [1.807, 2.05) is 38.1 Å². The van der Waals surface area contributed by atoms with E-state index in [0.717, 1.165) is 11.1 Å². The molecule has 0 saturated heterocycles. The molecule has 0 aliphatic rings. The fourth-order valence-electron chi connectivity index (χ4n) is 2.84. The summed E-state index contributed by atoms with van der Waals surface area (Å²) < 4.78 is 33.4. The molecule has 0 heterocycles. The second-order valence-electron chi connectivity index (χ2n) is 8.69. The van der Waals surface area contributed by atoms with Crippen molar-refractivity contribution >= 4 is 15.9 Å². The lowest BCUT2D eigenvalue weighted by atomic mass is 10.1. The molecule has 2 aromatic carbocycles.